The lowest BCUT2D eigenvalue weighted by Gasteiger charge is -2.18. The average Bonchev–Trinajstić information content (AvgIpc) is 3.08. The van der Waals surface area contributed by atoms with Crippen LogP contribution in [-0.2, 0) is 16.1 Å². The maximum atomic E-state index is 12.6. The predicted molar refractivity (Wildman–Crippen MR) is 105 cm³/mol. The first kappa shape index (κ1) is 19.5. The number of ether oxygens (including phenoxy) is 3. The number of methoxy groups -OCH3 is 3. The van der Waals surface area contributed by atoms with Gasteiger partial charge in [0.1, 0.15) is 5.75 Å². The van der Waals surface area contributed by atoms with E-state index in [9.17, 15) is 9.59 Å². The van der Waals surface area contributed by atoms with Crippen LogP contribution in [0.25, 0.3) is 0 Å². The molecule has 2 aromatic rings. The number of likely N-dealkylation sites (tertiary alicyclic amines) is 1. The molecular weight excluding hydrogens is 360 g/mol. The van der Waals surface area contributed by atoms with Gasteiger partial charge in [-0.15, -0.1) is 0 Å². The van der Waals surface area contributed by atoms with E-state index in [4.69, 9.17) is 14.2 Å². The summed E-state index contributed by atoms with van der Waals surface area (Å²) in [5.41, 5.74) is 1.51. The van der Waals surface area contributed by atoms with Crippen molar-refractivity contribution in [3.63, 3.8) is 0 Å². The van der Waals surface area contributed by atoms with Crippen molar-refractivity contribution < 1.29 is 23.8 Å². The molecule has 0 radical (unpaired) electrons. The van der Waals surface area contributed by atoms with Crippen molar-refractivity contribution in [3.05, 3.63) is 48.0 Å². The van der Waals surface area contributed by atoms with Crippen molar-refractivity contribution in [2.24, 2.45) is 5.92 Å². The van der Waals surface area contributed by atoms with Crippen molar-refractivity contribution in [1.82, 2.24) is 4.90 Å². The number of carbonyl (C=O) groups is 2. The van der Waals surface area contributed by atoms with Crippen LogP contribution in [0.1, 0.15) is 12.0 Å². The highest BCUT2D eigenvalue weighted by molar-refractivity contribution is 5.98. The van der Waals surface area contributed by atoms with Crippen LogP contribution in [0.3, 0.4) is 0 Å². The maximum Gasteiger partial charge on any atom is 0.229 e. The molecule has 0 aliphatic carbocycles. The largest absolute Gasteiger partial charge is 0.495 e. The Labute approximate surface area is 164 Å². The second-order valence-corrected chi connectivity index (χ2v) is 6.55. The normalized spacial score (nSPS) is 16.0. The van der Waals surface area contributed by atoms with Gasteiger partial charge in [-0.25, -0.2) is 0 Å². The second-order valence-electron chi connectivity index (χ2n) is 6.55. The minimum Gasteiger partial charge on any atom is -0.495 e. The van der Waals surface area contributed by atoms with E-state index in [0.717, 1.165) is 5.56 Å². The fourth-order valence-electron chi connectivity index (χ4n) is 3.28. The number of nitrogens with zero attached hydrogens (tertiary/aromatic N) is 1. The number of carbonyl (C=O) groups excluding carboxylic acids is 2. The molecule has 1 saturated heterocycles. The van der Waals surface area contributed by atoms with Crippen LogP contribution >= 0.6 is 0 Å². The molecule has 1 unspecified atom stereocenters. The predicted octanol–water partition coefficient (Wildman–Crippen LogP) is 2.70. The Hall–Kier alpha value is -3.22. The molecule has 1 aliphatic heterocycles. The van der Waals surface area contributed by atoms with Crippen LogP contribution in [0.4, 0.5) is 5.69 Å². The third-order valence-electron chi connectivity index (χ3n) is 4.77. The molecule has 1 atom stereocenters. The Bertz CT molecular complexity index is 868. The van der Waals surface area contributed by atoms with Crippen molar-refractivity contribution in [3.8, 4) is 17.2 Å². The third-order valence-corrected chi connectivity index (χ3v) is 4.77. The molecule has 0 spiro atoms. The molecule has 0 aromatic heterocycles. The van der Waals surface area contributed by atoms with Crippen LogP contribution < -0.4 is 19.5 Å². The summed E-state index contributed by atoms with van der Waals surface area (Å²) in [6.45, 7) is 0.784. The summed E-state index contributed by atoms with van der Waals surface area (Å²) >= 11 is 0. The van der Waals surface area contributed by atoms with Gasteiger partial charge in [0.25, 0.3) is 0 Å². The number of anilines is 1. The lowest BCUT2D eigenvalue weighted by atomic mass is 10.1. The van der Waals surface area contributed by atoms with Crippen LogP contribution in [0.5, 0.6) is 17.2 Å². The molecule has 0 saturated carbocycles. The summed E-state index contributed by atoms with van der Waals surface area (Å²) in [4.78, 5) is 26.7. The van der Waals surface area contributed by atoms with Gasteiger partial charge in [-0.2, -0.15) is 0 Å². The first-order chi connectivity index (χ1) is 13.5. The Balaban J connectivity index is 1.65. The molecule has 2 amide bonds. The van der Waals surface area contributed by atoms with E-state index in [1.807, 2.05) is 24.3 Å². The standard InChI is InChI=1S/C21H24N2O5/c1-26-17-7-5-4-6-16(17)22-21(25)15-11-20(24)23(13-15)12-14-8-9-18(27-2)19(10-14)28-3/h4-10,15H,11-13H2,1-3H3,(H,22,25). The van der Waals surface area contributed by atoms with E-state index in [1.165, 1.54) is 0 Å². The van der Waals surface area contributed by atoms with Crippen LogP contribution in [0.15, 0.2) is 42.5 Å². The molecule has 1 fully saturated rings. The highest BCUT2D eigenvalue weighted by atomic mass is 16.5. The summed E-state index contributed by atoms with van der Waals surface area (Å²) in [5.74, 6) is 1.19. The minimum atomic E-state index is -0.405. The highest BCUT2D eigenvalue weighted by Gasteiger charge is 2.34. The van der Waals surface area contributed by atoms with E-state index in [0.29, 0.717) is 36.0 Å². The molecule has 3 rings (SSSR count). The van der Waals surface area contributed by atoms with Crippen LogP contribution in [-0.4, -0.2) is 44.6 Å². The van der Waals surface area contributed by atoms with Gasteiger partial charge in [0, 0.05) is 19.5 Å². The van der Waals surface area contributed by atoms with Crippen LogP contribution in [0, 0.1) is 5.92 Å². The summed E-state index contributed by atoms with van der Waals surface area (Å²) in [7, 11) is 4.70. The molecule has 1 aliphatic rings. The molecule has 7 nitrogen and oxygen atoms in total. The van der Waals surface area contributed by atoms with Gasteiger partial charge in [-0.1, -0.05) is 18.2 Å². The lowest BCUT2D eigenvalue weighted by Crippen LogP contribution is -2.28. The van der Waals surface area contributed by atoms with Gasteiger partial charge in [0.15, 0.2) is 11.5 Å². The van der Waals surface area contributed by atoms with Gasteiger partial charge in [-0.3, -0.25) is 9.59 Å². The summed E-state index contributed by atoms with van der Waals surface area (Å²) in [6.07, 6.45) is 0.189. The zero-order valence-electron chi connectivity index (χ0n) is 16.2. The van der Waals surface area contributed by atoms with E-state index >= 15 is 0 Å². The van der Waals surface area contributed by atoms with Crippen molar-refractivity contribution in [2.75, 3.05) is 33.2 Å². The SMILES string of the molecule is COc1ccccc1NC(=O)C1CC(=O)N(Cc2ccc(OC)c(OC)c2)C1. The summed E-state index contributed by atoms with van der Waals surface area (Å²) in [6, 6.07) is 12.7. The molecule has 7 heteroatoms. The van der Waals surface area contributed by atoms with Crippen molar-refractivity contribution in [1.29, 1.82) is 0 Å². The van der Waals surface area contributed by atoms with Crippen LogP contribution in [0.2, 0.25) is 0 Å². The van der Waals surface area contributed by atoms with Gasteiger partial charge >= 0.3 is 0 Å². The minimum absolute atomic E-state index is 0.0463. The second kappa shape index (κ2) is 8.65. The molecule has 0 bridgehead atoms. The van der Waals surface area contributed by atoms with E-state index < -0.39 is 5.92 Å². The number of hydrogen-bond acceptors (Lipinski definition) is 5. The quantitative estimate of drug-likeness (QED) is 0.794. The third kappa shape index (κ3) is 4.19. The number of nitrogens with one attached hydrogen (secondary N) is 1. The first-order valence-electron chi connectivity index (χ1n) is 8.98. The Kier molecular flexibility index (Phi) is 6.03. The van der Waals surface area contributed by atoms with Gasteiger partial charge in [0.2, 0.25) is 11.8 Å². The Morgan fingerprint density at radius 3 is 2.46 bits per heavy atom. The first-order valence-corrected chi connectivity index (χ1v) is 8.98. The molecule has 28 heavy (non-hydrogen) atoms. The number of hydrogen-bond donors (Lipinski definition) is 1. The van der Waals surface area contributed by atoms with Gasteiger partial charge in [0.05, 0.1) is 32.9 Å². The van der Waals surface area contributed by atoms with E-state index in [2.05, 4.69) is 5.32 Å². The Morgan fingerprint density at radius 2 is 1.75 bits per heavy atom. The molecule has 1 heterocycles. The van der Waals surface area contributed by atoms with Crippen molar-refractivity contribution in [2.45, 2.75) is 13.0 Å². The smallest absolute Gasteiger partial charge is 0.229 e. The summed E-state index contributed by atoms with van der Waals surface area (Å²) in [5, 5.41) is 2.86. The number of amides is 2. The highest BCUT2D eigenvalue weighted by Crippen LogP contribution is 2.30. The average molecular weight is 384 g/mol. The van der Waals surface area contributed by atoms with E-state index in [1.54, 1.807) is 44.4 Å². The number of benzene rings is 2. The lowest BCUT2D eigenvalue weighted by molar-refractivity contribution is -0.128. The molecule has 148 valence electrons. The zero-order chi connectivity index (χ0) is 20.1. The number of rotatable bonds is 7. The maximum absolute atomic E-state index is 12.6. The van der Waals surface area contributed by atoms with Crippen molar-refractivity contribution >= 4 is 17.5 Å². The fraction of sp³-hybridized carbons (Fsp3) is 0.333. The van der Waals surface area contributed by atoms with Gasteiger partial charge in [-0.05, 0) is 29.8 Å². The monoisotopic (exact) mass is 384 g/mol. The number of para-hydroxylation sites is 2. The zero-order valence-corrected chi connectivity index (χ0v) is 16.2. The molecule has 1 N–H and O–H groups in total. The van der Waals surface area contributed by atoms with Gasteiger partial charge < -0.3 is 24.4 Å². The topological polar surface area (TPSA) is 77.1 Å². The Morgan fingerprint density at radius 1 is 1.04 bits per heavy atom. The molecular formula is C21H24N2O5. The van der Waals surface area contributed by atoms with E-state index in [-0.39, 0.29) is 18.2 Å². The summed E-state index contributed by atoms with van der Waals surface area (Å²) < 4.78 is 15.8. The fourth-order valence-corrected chi connectivity index (χ4v) is 3.28. The molecule has 2 aromatic carbocycles.